The lowest BCUT2D eigenvalue weighted by molar-refractivity contribution is -0.118. The summed E-state index contributed by atoms with van der Waals surface area (Å²) in [6.07, 6.45) is 4.23. The normalized spacial score (nSPS) is 13.2. The summed E-state index contributed by atoms with van der Waals surface area (Å²) >= 11 is 2.91. The summed E-state index contributed by atoms with van der Waals surface area (Å²) in [6.45, 7) is 1.24. The molecule has 2 heterocycles. The lowest BCUT2D eigenvalue weighted by atomic mass is 9.97. The van der Waals surface area contributed by atoms with Gasteiger partial charge in [0, 0.05) is 18.5 Å². The van der Waals surface area contributed by atoms with Crippen molar-refractivity contribution in [1.29, 1.82) is 0 Å². The van der Waals surface area contributed by atoms with Crippen LogP contribution in [0.2, 0.25) is 0 Å². The van der Waals surface area contributed by atoms with Crippen molar-refractivity contribution in [3.63, 3.8) is 0 Å². The second kappa shape index (κ2) is 10.5. The van der Waals surface area contributed by atoms with Gasteiger partial charge in [0.2, 0.25) is 5.91 Å². The van der Waals surface area contributed by atoms with E-state index >= 15 is 0 Å². The standard InChI is InChI=1S/C23H27N3O4S2/c1-29-11-10-26-22(28)20-17-8-3-4-9-18(17)32-21(20)25-23(26)31-14-19(27)24-13-15-6-5-7-16(12-15)30-2/h5-7,12H,3-4,8-11,13-14H2,1-2H3,(H,24,27). The van der Waals surface area contributed by atoms with Crippen molar-refractivity contribution in [3.05, 3.63) is 50.6 Å². The molecule has 1 aliphatic carbocycles. The van der Waals surface area contributed by atoms with E-state index < -0.39 is 0 Å². The molecule has 0 bridgehead atoms. The van der Waals surface area contributed by atoms with Gasteiger partial charge in [-0.15, -0.1) is 11.3 Å². The molecule has 7 nitrogen and oxygen atoms in total. The van der Waals surface area contributed by atoms with Gasteiger partial charge in [-0.05, 0) is 48.9 Å². The molecule has 1 aromatic carbocycles. The molecule has 9 heteroatoms. The monoisotopic (exact) mass is 473 g/mol. The van der Waals surface area contributed by atoms with E-state index in [1.54, 1.807) is 30.1 Å². The molecule has 0 spiro atoms. The van der Waals surface area contributed by atoms with Gasteiger partial charge in [0.1, 0.15) is 10.6 Å². The molecule has 0 fully saturated rings. The highest BCUT2D eigenvalue weighted by molar-refractivity contribution is 7.99. The molecule has 1 N–H and O–H groups in total. The molecule has 170 valence electrons. The molecule has 0 saturated carbocycles. The number of aromatic nitrogens is 2. The molecular weight excluding hydrogens is 446 g/mol. The molecule has 1 amide bonds. The SMILES string of the molecule is COCCn1c(SCC(=O)NCc2cccc(OC)c2)nc2sc3c(c2c1=O)CCCC3. The molecule has 0 aliphatic heterocycles. The Hall–Kier alpha value is -2.36. The first-order valence-corrected chi connectivity index (χ1v) is 12.5. The summed E-state index contributed by atoms with van der Waals surface area (Å²) in [7, 11) is 3.23. The summed E-state index contributed by atoms with van der Waals surface area (Å²) in [5, 5.41) is 4.24. The average molecular weight is 474 g/mol. The van der Waals surface area contributed by atoms with Crippen LogP contribution < -0.4 is 15.6 Å². The summed E-state index contributed by atoms with van der Waals surface area (Å²) in [6, 6.07) is 7.59. The van der Waals surface area contributed by atoms with Gasteiger partial charge in [-0.2, -0.15) is 0 Å². The zero-order valence-corrected chi connectivity index (χ0v) is 19.9. The van der Waals surface area contributed by atoms with Crippen molar-refractivity contribution >= 4 is 39.2 Å². The Kier molecular flexibility index (Phi) is 7.49. The fraction of sp³-hybridized carbons (Fsp3) is 0.435. The number of fused-ring (bicyclic) bond motifs is 3. The van der Waals surface area contributed by atoms with Crippen LogP contribution in [0.3, 0.4) is 0 Å². The molecule has 0 atom stereocenters. The van der Waals surface area contributed by atoms with E-state index in [9.17, 15) is 9.59 Å². The van der Waals surface area contributed by atoms with Crippen LogP contribution in [0.25, 0.3) is 10.2 Å². The third-order valence-corrected chi connectivity index (χ3v) is 7.68. The Morgan fingerprint density at radius 2 is 2.12 bits per heavy atom. The van der Waals surface area contributed by atoms with Crippen molar-refractivity contribution in [1.82, 2.24) is 14.9 Å². The lowest BCUT2D eigenvalue weighted by Crippen LogP contribution is -2.27. The second-order valence-electron chi connectivity index (χ2n) is 7.65. The first-order chi connectivity index (χ1) is 15.6. The van der Waals surface area contributed by atoms with Crippen LogP contribution in [0.1, 0.15) is 28.8 Å². The third-order valence-electron chi connectivity index (χ3n) is 5.52. The molecule has 32 heavy (non-hydrogen) atoms. The third kappa shape index (κ3) is 5.00. The first kappa shape index (κ1) is 22.8. The highest BCUT2D eigenvalue weighted by Gasteiger charge is 2.22. The summed E-state index contributed by atoms with van der Waals surface area (Å²) in [5.41, 5.74) is 2.11. The number of nitrogens with one attached hydrogen (secondary N) is 1. The van der Waals surface area contributed by atoms with Crippen LogP contribution >= 0.6 is 23.1 Å². The number of nitrogens with zero attached hydrogens (tertiary/aromatic N) is 2. The number of hydrogen-bond donors (Lipinski definition) is 1. The number of thiophene rings is 1. The highest BCUT2D eigenvalue weighted by Crippen LogP contribution is 2.34. The lowest BCUT2D eigenvalue weighted by Gasteiger charge is -2.13. The second-order valence-corrected chi connectivity index (χ2v) is 9.68. The Labute approximate surface area is 195 Å². The number of carbonyl (C=O) groups is 1. The summed E-state index contributed by atoms with van der Waals surface area (Å²) in [5.74, 6) is 0.820. The molecule has 0 radical (unpaired) electrons. The van der Waals surface area contributed by atoms with Gasteiger partial charge < -0.3 is 14.8 Å². The number of thioether (sulfide) groups is 1. The van der Waals surface area contributed by atoms with E-state index in [1.807, 2.05) is 24.3 Å². The number of ether oxygens (including phenoxy) is 2. The number of hydrogen-bond acceptors (Lipinski definition) is 7. The maximum absolute atomic E-state index is 13.4. The summed E-state index contributed by atoms with van der Waals surface area (Å²) < 4.78 is 12.1. The zero-order chi connectivity index (χ0) is 22.5. The van der Waals surface area contributed by atoms with E-state index in [4.69, 9.17) is 14.5 Å². The Bertz CT molecular complexity index is 1170. The van der Waals surface area contributed by atoms with E-state index in [2.05, 4.69) is 5.32 Å². The highest BCUT2D eigenvalue weighted by atomic mass is 32.2. The van der Waals surface area contributed by atoms with Gasteiger partial charge in [-0.3, -0.25) is 14.2 Å². The largest absolute Gasteiger partial charge is 0.497 e. The topological polar surface area (TPSA) is 82.4 Å². The van der Waals surface area contributed by atoms with Crippen LogP contribution in [0.5, 0.6) is 5.75 Å². The average Bonchev–Trinajstić information content (AvgIpc) is 3.19. The van der Waals surface area contributed by atoms with Crippen LogP contribution in [0.15, 0.2) is 34.2 Å². The van der Waals surface area contributed by atoms with Gasteiger partial charge in [-0.25, -0.2) is 4.98 Å². The van der Waals surface area contributed by atoms with Gasteiger partial charge in [0.25, 0.3) is 5.56 Å². The molecule has 2 aromatic heterocycles. The molecule has 3 aromatic rings. The maximum Gasteiger partial charge on any atom is 0.263 e. The van der Waals surface area contributed by atoms with Crippen molar-refractivity contribution in [2.75, 3.05) is 26.6 Å². The van der Waals surface area contributed by atoms with Gasteiger partial charge in [-0.1, -0.05) is 23.9 Å². The quantitative estimate of drug-likeness (QED) is 0.379. The fourth-order valence-electron chi connectivity index (χ4n) is 3.87. The van der Waals surface area contributed by atoms with Gasteiger partial charge in [0.15, 0.2) is 5.16 Å². The maximum atomic E-state index is 13.4. The van der Waals surface area contributed by atoms with Crippen LogP contribution in [-0.4, -0.2) is 42.0 Å². The molecule has 1 aliphatic rings. The number of methoxy groups -OCH3 is 2. The van der Waals surface area contributed by atoms with Gasteiger partial charge in [0.05, 0.1) is 31.4 Å². The van der Waals surface area contributed by atoms with Crippen molar-refractivity contribution < 1.29 is 14.3 Å². The van der Waals surface area contributed by atoms with Crippen LogP contribution in [0.4, 0.5) is 0 Å². The number of carbonyl (C=O) groups excluding carboxylic acids is 1. The molecule has 0 saturated heterocycles. The predicted octanol–water partition coefficient (Wildman–Crippen LogP) is 3.40. The number of rotatable bonds is 9. The van der Waals surface area contributed by atoms with E-state index in [0.29, 0.717) is 24.9 Å². The van der Waals surface area contributed by atoms with Gasteiger partial charge >= 0.3 is 0 Å². The Morgan fingerprint density at radius 1 is 1.28 bits per heavy atom. The van der Waals surface area contributed by atoms with E-state index in [1.165, 1.54) is 22.2 Å². The number of amides is 1. The van der Waals surface area contributed by atoms with E-state index in [-0.39, 0.29) is 17.2 Å². The van der Waals surface area contributed by atoms with Crippen molar-refractivity contribution in [2.45, 2.75) is 43.9 Å². The first-order valence-electron chi connectivity index (χ1n) is 10.7. The minimum absolute atomic E-state index is 0.0225. The van der Waals surface area contributed by atoms with E-state index in [0.717, 1.165) is 47.2 Å². The zero-order valence-electron chi connectivity index (χ0n) is 18.3. The fourth-order valence-corrected chi connectivity index (χ4v) is 6.03. The molecular formula is C23H27N3O4S2. The van der Waals surface area contributed by atoms with Crippen molar-refractivity contribution in [3.8, 4) is 5.75 Å². The minimum Gasteiger partial charge on any atom is -0.497 e. The van der Waals surface area contributed by atoms with Crippen LogP contribution in [0, 0.1) is 0 Å². The molecule has 0 unspecified atom stereocenters. The summed E-state index contributed by atoms with van der Waals surface area (Å²) in [4.78, 5) is 32.7. The minimum atomic E-state index is -0.115. The predicted molar refractivity (Wildman–Crippen MR) is 128 cm³/mol. The smallest absolute Gasteiger partial charge is 0.263 e. The Morgan fingerprint density at radius 3 is 2.94 bits per heavy atom. The van der Waals surface area contributed by atoms with Crippen molar-refractivity contribution in [2.24, 2.45) is 0 Å². The Balaban J connectivity index is 1.51. The number of aryl methyl sites for hydroxylation is 2. The number of benzene rings is 1. The van der Waals surface area contributed by atoms with Crippen LogP contribution in [-0.2, 0) is 35.5 Å². The molecule has 4 rings (SSSR count).